The predicted molar refractivity (Wildman–Crippen MR) is 138 cm³/mol. The lowest BCUT2D eigenvalue weighted by Crippen LogP contribution is -2.47. The Labute approximate surface area is 222 Å². The number of hydrogen-bond donors (Lipinski definition) is 1. The van der Waals surface area contributed by atoms with Gasteiger partial charge in [-0.1, -0.05) is 19.8 Å². The summed E-state index contributed by atoms with van der Waals surface area (Å²) in [6.07, 6.45) is 0.892. The standard InChI is InChI=1S/C28H38F2N4O4/c1-2-9-32-10-12-33(13-11-32)18-7-8-19(27(31)36)20(14-18)23(17-5-3-4-6-17)28(37)34-15-21(26(29)30)25-24(34)22(35)16-38-25/h7-8,14,17,21,23-26H,2-6,9-13,15-16H2,1H3,(H2,31,36)/t21-,23-,24+,25+/m0/s1. The maximum atomic E-state index is 14.3. The Balaban J connectivity index is 1.50. The molecule has 4 aliphatic rings. The maximum Gasteiger partial charge on any atom is 0.249 e. The number of ketones is 1. The molecule has 3 saturated heterocycles. The number of primary amides is 1. The summed E-state index contributed by atoms with van der Waals surface area (Å²) in [7, 11) is 0. The van der Waals surface area contributed by atoms with Gasteiger partial charge in [-0.15, -0.1) is 0 Å². The molecule has 2 N–H and O–H groups in total. The lowest BCUT2D eigenvalue weighted by Gasteiger charge is -2.37. The Morgan fingerprint density at radius 3 is 2.47 bits per heavy atom. The summed E-state index contributed by atoms with van der Waals surface area (Å²) in [5.41, 5.74) is 7.54. The molecule has 0 bridgehead atoms. The molecule has 0 unspecified atom stereocenters. The quantitative estimate of drug-likeness (QED) is 0.553. The number of nitrogens with two attached hydrogens (primary N) is 1. The SMILES string of the molecule is CCCN1CCN(c2ccc(C(N)=O)c([C@@H](C(=O)N3C[C@H](C(F)F)[C@H]4OCC(=O)[C@H]43)C3CCCC3)c2)CC1. The molecule has 0 radical (unpaired) electrons. The summed E-state index contributed by atoms with van der Waals surface area (Å²) in [6.45, 7) is 6.24. The van der Waals surface area contributed by atoms with Gasteiger partial charge in [0.15, 0.2) is 5.78 Å². The number of ether oxygens (including phenoxy) is 1. The van der Waals surface area contributed by atoms with E-state index in [4.69, 9.17) is 10.5 Å². The predicted octanol–water partition coefficient (Wildman–Crippen LogP) is 2.65. The average molecular weight is 533 g/mol. The van der Waals surface area contributed by atoms with Crippen LogP contribution in [0.15, 0.2) is 18.2 Å². The van der Waals surface area contributed by atoms with Crippen LogP contribution in [0.25, 0.3) is 0 Å². The van der Waals surface area contributed by atoms with Crippen LogP contribution in [0.1, 0.15) is 60.9 Å². The topological polar surface area (TPSA) is 96.2 Å². The molecule has 4 fully saturated rings. The normalized spacial score (nSPS) is 27.4. The molecule has 0 spiro atoms. The van der Waals surface area contributed by atoms with Crippen molar-refractivity contribution in [1.82, 2.24) is 9.80 Å². The first kappa shape index (κ1) is 27.0. The highest BCUT2D eigenvalue weighted by atomic mass is 19.3. The number of piperazine rings is 1. The first-order valence-corrected chi connectivity index (χ1v) is 13.9. The zero-order valence-electron chi connectivity index (χ0n) is 22.0. The molecule has 1 aromatic carbocycles. The number of alkyl halides is 2. The zero-order chi connectivity index (χ0) is 27.0. The van der Waals surface area contributed by atoms with E-state index in [1.54, 1.807) is 6.07 Å². The summed E-state index contributed by atoms with van der Waals surface area (Å²) >= 11 is 0. The van der Waals surface area contributed by atoms with E-state index in [-0.39, 0.29) is 36.3 Å². The highest BCUT2D eigenvalue weighted by Crippen LogP contribution is 2.44. The van der Waals surface area contributed by atoms with Crippen LogP contribution in [0.5, 0.6) is 0 Å². The number of fused-ring (bicyclic) bond motifs is 1. The van der Waals surface area contributed by atoms with Gasteiger partial charge in [-0.05, 0) is 55.5 Å². The van der Waals surface area contributed by atoms with E-state index in [9.17, 15) is 23.2 Å². The van der Waals surface area contributed by atoms with Gasteiger partial charge in [0.25, 0.3) is 0 Å². The smallest absolute Gasteiger partial charge is 0.249 e. The van der Waals surface area contributed by atoms with Crippen LogP contribution < -0.4 is 10.6 Å². The van der Waals surface area contributed by atoms with Gasteiger partial charge in [0.05, 0.1) is 17.9 Å². The number of anilines is 1. The molecule has 3 heterocycles. The summed E-state index contributed by atoms with van der Waals surface area (Å²) in [5, 5.41) is 0. The van der Waals surface area contributed by atoms with Gasteiger partial charge in [0.1, 0.15) is 12.6 Å². The summed E-state index contributed by atoms with van der Waals surface area (Å²) in [5.74, 6) is -3.33. The van der Waals surface area contributed by atoms with E-state index in [1.807, 2.05) is 12.1 Å². The molecule has 1 saturated carbocycles. The fraction of sp³-hybridized carbons (Fsp3) is 0.679. The largest absolute Gasteiger partial charge is 0.369 e. The number of carbonyl (C=O) groups is 3. The van der Waals surface area contributed by atoms with E-state index in [1.165, 1.54) is 4.90 Å². The number of Topliss-reactive ketones (excluding diaryl/α,β-unsaturated/α-hetero) is 1. The lowest BCUT2D eigenvalue weighted by atomic mass is 9.80. The van der Waals surface area contributed by atoms with Crippen molar-refractivity contribution in [3.63, 3.8) is 0 Å². The van der Waals surface area contributed by atoms with Crippen molar-refractivity contribution >= 4 is 23.3 Å². The summed E-state index contributed by atoms with van der Waals surface area (Å²) in [4.78, 5) is 45.5. The van der Waals surface area contributed by atoms with Crippen molar-refractivity contribution in [1.29, 1.82) is 0 Å². The molecule has 1 aliphatic carbocycles. The Hall–Kier alpha value is -2.59. The number of rotatable bonds is 8. The molecule has 1 aromatic rings. The molecule has 4 atom stereocenters. The van der Waals surface area contributed by atoms with E-state index in [2.05, 4.69) is 16.7 Å². The van der Waals surface area contributed by atoms with Gasteiger partial charge < -0.3 is 20.3 Å². The second-order valence-electron chi connectivity index (χ2n) is 11.2. The summed E-state index contributed by atoms with van der Waals surface area (Å²) < 4.78 is 33.2. The average Bonchev–Trinajstić information content (AvgIpc) is 3.64. The van der Waals surface area contributed by atoms with Crippen molar-refractivity contribution in [2.24, 2.45) is 17.6 Å². The van der Waals surface area contributed by atoms with E-state index < -0.39 is 36.3 Å². The third-order valence-corrected chi connectivity index (χ3v) is 8.88. The fourth-order valence-electron chi connectivity index (χ4n) is 6.97. The molecule has 8 nitrogen and oxygen atoms in total. The number of halogens is 2. The number of likely N-dealkylation sites (tertiary alicyclic amines) is 1. The second kappa shape index (κ2) is 11.3. The Bertz CT molecular complexity index is 1060. The van der Waals surface area contributed by atoms with Crippen LogP contribution in [0.3, 0.4) is 0 Å². The fourth-order valence-corrected chi connectivity index (χ4v) is 6.97. The molecule has 208 valence electrons. The van der Waals surface area contributed by atoms with Gasteiger partial charge in [0, 0.05) is 44.0 Å². The third kappa shape index (κ3) is 5.04. The van der Waals surface area contributed by atoms with Crippen molar-refractivity contribution in [2.75, 3.05) is 50.8 Å². The lowest BCUT2D eigenvalue weighted by molar-refractivity contribution is -0.139. The highest BCUT2D eigenvalue weighted by Gasteiger charge is 2.56. The van der Waals surface area contributed by atoms with Gasteiger partial charge in [0.2, 0.25) is 18.2 Å². The number of nitrogens with zero attached hydrogens (tertiary/aromatic N) is 3. The number of benzene rings is 1. The van der Waals surface area contributed by atoms with Gasteiger partial charge >= 0.3 is 0 Å². The first-order valence-electron chi connectivity index (χ1n) is 13.9. The molecular weight excluding hydrogens is 494 g/mol. The van der Waals surface area contributed by atoms with Crippen molar-refractivity contribution in [3.05, 3.63) is 29.3 Å². The highest BCUT2D eigenvalue weighted by molar-refractivity contribution is 5.99. The first-order chi connectivity index (χ1) is 18.3. The molecule has 10 heteroatoms. The molecule has 5 rings (SSSR count). The van der Waals surface area contributed by atoms with Crippen LogP contribution in [-0.2, 0) is 14.3 Å². The minimum Gasteiger partial charge on any atom is -0.369 e. The van der Waals surface area contributed by atoms with Gasteiger partial charge in [-0.2, -0.15) is 0 Å². The molecule has 38 heavy (non-hydrogen) atoms. The van der Waals surface area contributed by atoms with Gasteiger partial charge in [-0.3, -0.25) is 19.3 Å². The van der Waals surface area contributed by atoms with Crippen LogP contribution in [0.2, 0.25) is 0 Å². The molecule has 0 aromatic heterocycles. The Kier molecular flexibility index (Phi) is 8.00. The van der Waals surface area contributed by atoms with Crippen LogP contribution >= 0.6 is 0 Å². The number of amides is 2. The maximum absolute atomic E-state index is 14.3. The van der Waals surface area contributed by atoms with Crippen LogP contribution in [-0.4, -0.2) is 91.8 Å². The minimum atomic E-state index is -2.70. The second-order valence-corrected chi connectivity index (χ2v) is 11.2. The number of hydrogen-bond acceptors (Lipinski definition) is 6. The minimum absolute atomic E-state index is 0.0567. The molecule has 2 amide bonds. The zero-order valence-corrected chi connectivity index (χ0v) is 22.0. The van der Waals surface area contributed by atoms with Crippen LogP contribution in [0.4, 0.5) is 14.5 Å². The summed E-state index contributed by atoms with van der Waals surface area (Å²) in [6, 6.07) is 4.47. The van der Waals surface area contributed by atoms with E-state index in [0.717, 1.165) is 70.5 Å². The molecular formula is C28H38F2N4O4. The Morgan fingerprint density at radius 1 is 1.13 bits per heavy atom. The number of carbonyl (C=O) groups excluding carboxylic acids is 3. The van der Waals surface area contributed by atoms with Crippen LogP contribution in [0, 0.1) is 11.8 Å². The van der Waals surface area contributed by atoms with Crippen molar-refractivity contribution < 1.29 is 27.9 Å². The van der Waals surface area contributed by atoms with E-state index >= 15 is 0 Å². The van der Waals surface area contributed by atoms with Gasteiger partial charge in [-0.25, -0.2) is 8.78 Å². The van der Waals surface area contributed by atoms with Crippen molar-refractivity contribution in [3.8, 4) is 0 Å². The monoisotopic (exact) mass is 532 g/mol. The Morgan fingerprint density at radius 2 is 1.84 bits per heavy atom. The van der Waals surface area contributed by atoms with Crippen molar-refractivity contribution in [2.45, 2.75) is 63.5 Å². The molecule has 3 aliphatic heterocycles. The third-order valence-electron chi connectivity index (χ3n) is 8.88. The van der Waals surface area contributed by atoms with E-state index in [0.29, 0.717) is 5.56 Å².